The SMILES string of the molecule is Cc1ccc(NC(=S)Nc2cccc(SCC(=O)Nc3ccc(O)c(C(=O)O)c3)c2)cc1. The van der Waals surface area contributed by atoms with E-state index in [9.17, 15) is 14.7 Å². The van der Waals surface area contributed by atoms with Gasteiger partial charge in [0.05, 0.1) is 5.75 Å². The quantitative estimate of drug-likeness (QED) is 0.189. The molecule has 7 nitrogen and oxygen atoms in total. The van der Waals surface area contributed by atoms with E-state index in [4.69, 9.17) is 17.3 Å². The monoisotopic (exact) mass is 467 g/mol. The molecule has 0 aliphatic rings. The number of aromatic hydroxyl groups is 1. The van der Waals surface area contributed by atoms with Crippen molar-refractivity contribution >= 4 is 58.0 Å². The largest absolute Gasteiger partial charge is 0.507 e. The van der Waals surface area contributed by atoms with Gasteiger partial charge in [-0.3, -0.25) is 4.79 Å². The zero-order chi connectivity index (χ0) is 23.1. The lowest BCUT2D eigenvalue weighted by atomic mass is 10.2. The average molecular weight is 468 g/mol. The number of hydrogen-bond acceptors (Lipinski definition) is 5. The van der Waals surface area contributed by atoms with Crippen LogP contribution in [-0.2, 0) is 4.79 Å². The highest BCUT2D eigenvalue weighted by Gasteiger charge is 2.12. The molecule has 0 bridgehead atoms. The maximum atomic E-state index is 12.3. The van der Waals surface area contributed by atoms with Gasteiger partial charge in [0, 0.05) is 22.0 Å². The molecule has 0 aromatic heterocycles. The number of carbonyl (C=O) groups excluding carboxylic acids is 1. The number of anilines is 3. The number of aromatic carboxylic acids is 1. The number of thiocarbonyl (C=S) groups is 1. The molecule has 0 heterocycles. The second-order valence-corrected chi connectivity index (χ2v) is 8.30. The van der Waals surface area contributed by atoms with Crippen molar-refractivity contribution in [2.24, 2.45) is 0 Å². The van der Waals surface area contributed by atoms with Gasteiger partial charge in [-0.05, 0) is 67.7 Å². The summed E-state index contributed by atoms with van der Waals surface area (Å²) in [6, 6.07) is 19.3. The fourth-order valence-corrected chi connectivity index (χ4v) is 3.72. The Labute approximate surface area is 194 Å². The van der Waals surface area contributed by atoms with Crippen molar-refractivity contribution in [3.05, 3.63) is 77.9 Å². The first-order chi connectivity index (χ1) is 15.3. The maximum Gasteiger partial charge on any atom is 0.339 e. The second kappa shape index (κ2) is 10.7. The average Bonchev–Trinajstić information content (AvgIpc) is 2.75. The lowest BCUT2D eigenvalue weighted by Crippen LogP contribution is -2.19. The van der Waals surface area contributed by atoms with Gasteiger partial charge in [-0.25, -0.2) is 4.79 Å². The Bertz CT molecular complexity index is 1150. The van der Waals surface area contributed by atoms with Gasteiger partial charge in [-0.2, -0.15) is 0 Å². The molecule has 0 fully saturated rings. The first-order valence-electron chi connectivity index (χ1n) is 9.54. The maximum absolute atomic E-state index is 12.3. The third kappa shape index (κ3) is 6.73. The van der Waals surface area contributed by atoms with E-state index >= 15 is 0 Å². The van der Waals surface area contributed by atoms with Crippen LogP contribution in [0.1, 0.15) is 15.9 Å². The number of phenols is 1. The van der Waals surface area contributed by atoms with Gasteiger partial charge in [-0.1, -0.05) is 23.8 Å². The van der Waals surface area contributed by atoms with Gasteiger partial charge in [0.25, 0.3) is 0 Å². The van der Waals surface area contributed by atoms with E-state index in [0.717, 1.165) is 21.8 Å². The highest BCUT2D eigenvalue weighted by molar-refractivity contribution is 8.00. The number of aryl methyl sites for hydroxylation is 1. The summed E-state index contributed by atoms with van der Waals surface area (Å²) in [5.74, 6) is -1.80. The molecule has 0 atom stereocenters. The van der Waals surface area contributed by atoms with E-state index in [-0.39, 0.29) is 23.0 Å². The molecule has 0 saturated heterocycles. The van der Waals surface area contributed by atoms with Crippen molar-refractivity contribution in [3.63, 3.8) is 0 Å². The predicted molar refractivity (Wildman–Crippen MR) is 132 cm³/mol. The molecular formula is C23H21N3O4S2. The Morgan fingerprint density at radius 1 is 0.906 bits per heavy atom. The minimum absolute atomic E-state index is 0.124. The molecule has 3 aromatic rings. The number of amides is 1. The van der Waals surface area contributed by atoms with Crippen LogP contribution in [-0.4, -0.2) is 33.0 Å². The van der Waals surface area contributed by atoms with Crippen LogP contribution in [0.4, 0.5) is 17.1 Å². The Balaban J connectivity index is 1.53. The van der Waals surface area contributed by atoms with E-state index in [1.165, 1.54) is 30.0 Å². The van der Waals surface area contributed by atoms with Gasteiger partial charge in [-0.15, -0.1) is 11.8 Å². The van der Waals surface area contributed by atoms with Gasteiger partial charge in [0.2, 0.25) is 5.91 Å². The molecule has 32 heavy (non-hydrogen) atoms. The molecule has 0 radical (unpaired) electrons. The smallest absolute Gasteiger partial charge is 0.339 e. The number of carboxylic acid groups (broad SMARTS) is 1. The topological polar surface area (TPSA) is 111 Å². The van der Waals surface area contributed by atoms with Gasteiger partial charge in [0.15, 0.2) is 5.11 Å². The summed E-state index contributed by atoms with van der Waals surface area (Å²) in [7, 11) is 0. The van der Waals surface area contributed by atoms with Gasteiger partial charge >= 0.3 is 5.97 Å². The van der Waals surface area contributed by atoms with Crippen LogP contribution in [0, 0.1) is 6.92 Å². The predicted octanol–water partition coefficient (Wildman–Crippen LogP) is 4.94. The summed E-state index contributed by atoms with van der Waals surface area (Å²) in [6.45, 7) is 2.02. The Hall–Kier alpha value is -3.56. The first-order valence-corrected chi connectivity index (χ1v) is 10.9. The number of rotatable bonds is 7. The highest BCUT2D eigenvalue weighted by atomic mass is 32.2. The van der Waals surface area contributed by atoms with Crippen molar-refractivity contribution in [1.82, 2.24) is 0 Å². The summed E-state index contributed by atoms with van der Waals surface area (Å²) in [4.78, 5) is 24.2. The molecule has 0 saturated carbocycles. The molecule has 1 amide bonds. The third-order valence-corrected chi connectivity index (χ3v) is 5.48. The number of hydrogen-bond donors (Lipinski definition) is 5. The fraction of sp³-hybridized carbons (Fsp3) is 0.0870. The van der Waals surface area contributed by atoms with Crippen LogP contribution in [0.15, 0.2) is 71.6 Å². The molecule has 164 valence electrons. The third-order valence-electron chi connectivity index (χ3n) is 4.28. The van der Waals surface area contributed by atoms with E-state index in [1.54, 1.807) is 0 Å². The van der Waals surface area contributed by atoms with Crippen molar-refractivity contribution in [2.75, 3.05) is 21.7 Å². The van der Waals surface area contributed by atoms with Crippen molar-refractivity contribution in [1.29, 1.82) is 0 Å². The van der Waals surface area contributed by atoms with Crippen LogP contribution in [0.25, 0.3) is 0 Å². The molecule has 5 N–H and O–H groups in total. The Morgan fingerprint density at radius 3 is 2.28 bits per heavy atom. The molecule has 0 aliphatic heterocycles. The first kappa shape index (κ1) is 23.1. The molecule has 0 aliphatic carbocycles. The van der Waals surface area contributed by atoms with E-state index in [0.29, 0.717) is 10.8 Å². The van der Waals surface area contributed by atoms with Crippen molar-refractivity contribution in [3.8, 4) is 5.75 Å². The van der Waals surface area contributed by atoms with E-state index < -0.39 is 5.97 Å². The summed E-state index contributed by atoms with van der Waals surface area (Å²) in [6.07, 6.45) is 0. The Kier molecular flexibility index (Phi) is 7.69. The Morgan fingerprint density at radius 2 is 1.56 bits per heavy atom. The van der Waals surface area contributed by atoms with Crippen molar-refractivity contribution < 1.29 is 19.8 Å². The number of nitrogens with one attached hydrogen (secondary N) is 3. The standard InChI is InChI=1S/C23H21N3O4S2/c1-14-5-7-15(8-6-14)25-23(31)26-16-3-2-4-18(11-16)32-13-21(28)24-17-9-10-20(27)19(12-17)22(29)30/h2-12,27H,13H2,1H3,(H,24,28)(H,29,30)(H2,25,26,31). The van der Waals surface area contributed by atoms with Crippen LogP contribution >= 0.6 is 24.0 Å². The van der Waals surface area contributed by atoms with E-state index in [2.05, 4.69) is 16.0 Å². The minimum atomic E-state index is -1.27. The van der Waals surface area contributed by atoms with Gasteiger partial charge in [0.1, 0.15) is 11.3 Å². The second-order valence-electron chi connectivity index (χ2n) is 6.85. The summed E-state index contributed by atoms with van der Waals surface area (Å²) < 4.78 is 0. The van der Waals surface area contributed by atoms with Crippen LogP contribution in [0.5, 0.6) is 5.75 Å². The molecule has 9 heteroatoms. The molecule has 3 rings (SSSR count). The van der Waals surface area contributed by atoms with Crippen molar-refractivity contribution in [2.45, 2.75) is 11.8 Å². The minimum Gasteiger partial charge on any atom is -0.507 e. The molecular weight excluding hydrogens is 446 g/mol. The summed E-state index contributed by atoms with van der Waals surface area (Å²) >= 11 is 6.69. The van der Waals surface area contributed by atoms with Crippen LogP contribution in [0.3, 0.4) is 0 Å². The molecule has 0 spiro atoms. The zero-order valence-electron chi connectivity index (χ0n) is 17.1. The normalized spacial score (nSPS) is 10.3. The number of thioether (sulfide) groups is 1. The zero-order valence-corrected chi connectivity index (χ0v) is 18.7. The lowest BCUT2D eigenvalue weighted by Gasteiger charge is -2.12. The number of benzene rings is 3. The van der Waals surface area contributed by atoms with Crippen LogP contribution < -0.4 is 16.0 Å². The van der Waals surface area contributed by atoms with Crippen LogP contribution in [0.2, 0.25) is 0 Å². The molecule has 3 aromatic carbocycles. The summed E-state index contributed by atoms with van der Waals surface area (Å²) in [5, 5.41) is 27.9. The number of carboxylic acids is 1. The fourth-order valence-electron chi connectivity index (χ4n) is 2.73. The van der Waals surface area contributed by atoms with Gasteiger partial charge < -0.3 is 26.2 Å². The summed E-state index contributed by atoms with van der Waals surface area (Å²) in [5.41, 5.74) is 2.86. The highest BCUT2D eigenvalue weighted by Crippen LogP contribution is 2.24. The molecule has 0 unspecified atom stereocenters. The number of carbonyl (C=O) groups is 2. The van der Waals surface area contributed by atoms with E-state index in [1.807, 2.05) is 55.5 Å². The lowest BCUT2D eigenvalue weighted by molar-refractivity contribution is -0.113.